The molecule has 1 saturated heterocycles. The predicted octanol–water partition coefficient (Wildman–Crippen LogP) is -0.330. The summed E-state index contributed by atoms with van der Waals surface area (Å²) in [6, 6.07) is 15.7. The van der Waals surface area contributed by atoms with E-state index in [2.05, 4.69) is 26.3 Å². The number of likely N-dealkylation sites (tertiary alicyclic amines) is 1. The zero-order chi connectivity index (χ0) is 55.9. The molecule has 26 heteroatoms. The minimum atomic E-state index is -1.65. The molecule has 2 aliphatic heterocycles. The molecule has 0 bridgehead atoms. The van der Waals surface area contributed by atoms with Gasteiger partial charge in [-0.25, -0.2) is 0 Å². The van der Waals surface area contributed by atoms with Gasteiger partial charge < -0.3 is 63.0 Å². The number of carbonyl (C=O) groups excluding carboxylic acids is 5. The maximum absolute atomic E-state index is 13.4. The number of aliphatic carboxylic acids is 3. The summed E-state index contributed by atoms with van der Waals surface area (Å²) in [4.78, 5) is 120. The highest BCUT2D eigenvalue weighted by Crippen LogP contribution is 2.29. The van der Waals surface area contributed by atoms with Gasteiger partial charge in [-0.05, 0) is 92.3 Å². The molecule has 5 rings (SSSR count). The number of carboxylic acids is 3. The van der Waals surface area contributed by atoms with Gasteiger partial charge in [-0.3, -0.25) is 62.9 Å². The van der Waals surface area contributed by atoms with Crippen LogP contribution in [-0.2, 0) is 66.0 Å². The predicted molar refractivity (Wildman–Crippen MR) is 278 cm³/mol. The van der Waals surface area contributed by atoms with E-state index in [1.54, 1.807) is 70.5 Å². The van der Waals surface area contributed by atoms with E-state index >= 15 is 0 Å². The molecule has 0 saturated carbocycles. The lowest BCUT2D eigenvalue weighted by Crippen LogP contribution is -2.48. The Kier molecular flexibility index (Phi) is 23.9. The molecule has 77 heavy (non-hydrogen) atoms. The number of amides is 5. The third kappa shape index (κ3) is 21.0. The van der Waals surface area contributed by atoms with Gasteiger partial charge in [0.2, 0.25) is 23.6 Å². The number of hydrogen-bond acceptors (Lipinski definition) is 15. The van der Waals surface area contributed by atoms with Crippen LogP contribution in [0, 0.1) is 0 Å². The topological polar surface area (TPSA) is 378 Å². The number of nitrogens with one attached hydrogen (secondary N) is 4. The molecule has 5 amide bonds. The Labute approximate surface area is 445 Å². The highest BCUT2D eigenvalue weighted by Gasteiger charge is 2.36. The maximum atomic E-state index is 13.4. The Morgan fingerprint density at radius 1 is 0.688 bits per heavy atom. The van der Waals surface area contributed by atoms with E-state index in [0.29, 0.717) is 66.5 Å². The number of guanidine groups is 1. The number of carboxylic acid groups (broad SMARTS) is 3. The molecule has 25 nitrogen and oxygen atoms in total. The van der Waals surface area contributed by atoms with Crippen molar-refractivity contribution in [2.24, 2.45) is 16.5 Å². The van der Waals surface area contributed by atoms with Crippen molar-refractivity contribution in [2.75, 3.05) is 52.4 Å². The number of benzene rings is 3. The molecule has 0 aliphatic carbocycles. The summed E-state index contributed by atoms with van der Waals surface area (Å²) in [6.07, 6.45) is 3.04. The van der Waals surface area contributed by atoms with Gasteiger partial charge in [0.05, 0.1) is 25.6 Å². The molecule has 2 aliphatic rings. The number of nitrogens with zero attached hydrogens (tertiary/aromatic N) is 4. The van der Waals surface area contributed by atoms with Crippen LogP contribution < -0.4 is 42.5 Å². The van der Waals surface area contributed by atoms with Crippen LogP contribution in [0.2, 0.25) is 0 Å². The number of carbonyl (C=O) groups is 8. The quantitative estimate of drug-likeness (QED) is 0.0153. The first-order chi connectivity index (χ1) is 36.8. The molecule has 0 spiro atoms. The summed E-state index contributed by atoms with van der Waals surface area (Å²) in [5, 5.41) is 58.8. The Hall–Kier alpha value is -7.81. The van der Waals surface area contributed by atoms with Gasteiger partial charge in [0, 0.05) is 88.3 Å². The lowest BCUT2D eigenvalue weighted by atomic mass is 9.78. The third-order valence-electron chi connectivity index (χ3n) is 12.8. The van der Waals surface area contributed by atoms with Gasteiger partial charge in [0.1, 0.15) is 6.04 Å². The van der Waals surface area contributed by atoms with E-state index in [-0.39, 0.29) is 127 Å². The van der Waals surface area contributed by atoms with E-state index in [1.807, 2.05) is 0 Å². The van der Waals surface area contributed by atoms with Crippen molar-refractivity contribution < 1.29 is 73.5 Å². The van der Waals surface area contributed by atoms with Crippen molar-refractivity contribution in [3.8, 4) is 11.5 Å². The van der Waals surface area contributed by atoms with E-state index in [4.69, 9.17) is 21.2 Å². The number of aryl methyl sites for hydroxylation is 2. The Morgan fingerprint density at radius 3 is 1.86 bits per heavy atom. The summed E-state index contributed by atoms with van der Waals surface area (Å²) in [5.74, 6) is -5.46. The van der Waals surface area contributed by atoms with Gasteiger partial charge in [-0.2, -0.15) is 0 Å². The Bertz CT molecular complexity index is 2570. The van der Waals surface area contributed by atoms with Crippen LogP contribution in [0.3, 0.4) is 0 Å². The average molecular weight is 1070 g/mol. The summed E-state index contributed by atoms with van der Waals surface area (Å²) < 4.78 is 0. The largest absolute Gasteiger partial charge is 0.481 e. The van der Waals surface area contributed by atoms with Crippen molar-refractivity contribution >= 4 is 60.5 Å². The monoisotopic (exact) mass is 1070 g/mol. The fourth-order valence-corrected chi connectivity index (χ4v) is 8.78. The number of fused-ring (bicyclic) bond motifs is 2. The van der Waals surface area contributed by atoms with Crippen LogP contribution in [0.4, 0.5) is 0 Å². The highest BCUT2D eigenvalue weighted by molar-refractivity contribution is 6.43. The van der Waals surface area contributed by atoms with Crippen LogP contribution in [0.5, 0.6) is 11.5 Å². The maximum Gasteiger partial charge on any atom is 0.475 e. The molecular formula is C51H69BN10O15. The van der Waals surface area contributed by atoms with Crippen molar-refractivity contribution in [2.45, 2.75) is 102 Å². The fraction of sp³-hybridized carbons (Fsp3) is 0.471. The second-order valence-corrected chi connectivity index (χ2v) is 18.8. The van der Waals surface area contributed by atoms with Crippen LogP contribution in [0.15, 0.2) is 65.7 Å². The van der Waals surface area contributed by atoms with Gasteiger partial charge in [-0.15, -0.1) is 0 Å². The van der Waals surface area contributed by atoms with Gasteiger partial charge >= 0.3 is 25.0 Å². The van der Waals surface area contributed by atoms with E-state index in [0.717, 1.165) is 5.56 Å². The second-order valence-electron chi connectivity index (χ2n) is 18.8. The Balaban J connectivity index is 1.12. The molecule has 13 N–H and O–H groups in total. The number of rotatable bonds is 27. The lowest BCUT2D eigenvalue weighted by Gasteiger charge is -2.28. The van der Waals surface area contributed by atoms with Crippen LogP contribution in [0.1, 0.15) is 96.0 Å². The van der Waals surface area contributed by atoms with Gasteiger partial charge in [0.25, 0.3) is 5.91 Å². The van der Waals surface area contributed by atoms with Gasteiger partial charge in [0.15, 0.2) is 17.5 Å². The summed E-state index contributed by atoms with van der Waals surface area (Å²) in [6.45, 7) is 0.427. The highest BCUT2D eigenvalue weighted by atomic mass is 17.2. The minimum Gasteiger partial charge on any atom is -0.481 e. The summed E-state index contributed by atoms with van der Waals surface area (Å²) >= 11 is 0. The lowest BCUT2D eigenvalue weighted by molar-refractivity contribution is -0.140. The number of unbranched alkanes of at least 4 members (excludes halogenated alkanes) is 1. The van der Waals surface area contributed by atoms with Crippen LogP contribution in [0.25, 0.3) is 0 Å². The molecule has 2 heterocycles. The van der Waals surface area contributed by atoms with Crippen molar-refractivity contribution in [3.63, 3.8) is 0 Å². The molecule has 416 valence electrons. The second kappa shape index (κ2) is 30.7. The Morgan fingerprint density at radius 2 is 1.29 bits per heavy atom. The molecule has 0 radical (unpaired) electrons. The standard InChI is InChI=1S/C51H69BN10O15/c53-51(54)56-21-3-5-39(50(73)55-20-2-1-7-43(63)57-27-35-8-14-36(15-9-35)49(72)58-28-45(65)62-22-4-6-42(62)52(74)75)59-44(64)18-12-33-10-16-40-37(25-33)29-60(31-47(68)69)23-24-61(32-48(70)71)30-38-26-34(13-19-46(66)67)11-17-41(38)77-76-40/h8-11,14-17,25-26,39,42,74-75H,1-7,12-13,18-24,27-32H2,(H,55,73)(H,57,63)(H,58,72)(H,59,64)(H,66,67)(H,68,69)(H,70,71)(H4,53,54,56). The van der Waals surface area contributed by atoms with Crippen molar-refractivity contribution in [1.82, 2.24) is 36.0 Å². The summed E-state index contributed by atoms with van der Waals surface area (Å²) in [7, 11) is -1.65. The van der Waals surface area contributed by atoms with Crippen LogP contribution in [-0.4, -0.2) is 165 Å². The smallest absolute Gasteiger partial charge is 0.475 e. The molecule has 2 unspecified atom stereocenters. The van der Waals surface area contributed by atoms with Gasteiger partial charge in [-0.1, -0.05) is 36.4 Å². The molecule has 3 aromatic rings. The fourth-order valence-electron chi connectivity index (χ4n) is 8.78. The minimum absolute atomic E-state index is 0.0375. The van der Waals surface area contributed by atoms with Crippen molar-refractivity contribution in [3.05, 3.63) is 94.0 Å². The zero-order valence-corrected chi connectivity index (χ0v) is 42.8. The molecular weight excluding hydrogens is 1000 g/mol. The molecule has 1 fully saturated rings. The normalized spacial score (nSPS) is 15.1. The third-order valence-corrected chi connectivity index (χ3v) is 12.8. The van der Waals surface area contributed by atoms with E-state index < -0.39 is 60.6 Å². The zero-order valence-electron chi connectivity index (χ0n) is 42.8. The average Bonchev–Trinajstić information content (AvgIpc) is 3.89. The van der Waals surface area contributed by atoms with Crippen molar-refractivity contribution in [1.29, 1.82) is 0 Å². The van der Waals surface area contributed by atoms with Crippen LogP contribution >= 0.6 is 0 Å². The first kappa shape index (κ1) is 60.1. The molecule has 0 aromatic heterocycles. The molecule has 3 aromatic carbocycles. The number of nitrogens with two attached hydrogens (primary N) is 2. The molecule has 2 atom stereocenters. The van der Waals surface area contributed by atoms with E-state index in [9.17, 15) is 63.7 Å². The number of aliphatic imine (C=N–C) groups is 1. The SMILES string of the molecule is NC(N)=NCCCC(NC(=O)CCc1ccc2c(c1)CN(CC(=O)O)CCN(CC(=O)O)Cc1cc(CCC(=O)O)ccc1OO2)C(=O)NCCCCC(=O)NCc1ccc(C(=O)NCC(=O)N2CCCC2B(O)O)cc1. The summed E-state index contributed by atoms with van der Waals surface area (Å²) in [5.41, 5.74) is 14.4. The first-order valence-electron chi connectivity index (χ1n) is 25.4. The first-order valence-corrected chi connectivity index (χ1v) is 25.4. The van der Waals surface area contributed by atoms with E-state index in [1.165, 1.54) is 4.90 Å². The number of hydrogen-bond donors (Lipinski definition) is 11.